The molecule has 1 saturated carbocycles. The van der Waals surface area contributed by atoms with E-state index in [0.717, 1.165) is 37.0 Å². The van der Waals surface area contributed by atoms with E-state index in [1.165, 1.54) is 0 Å². The number of benzene rings is 1. The smallest absolute Gasteiger partial charge is 0.242 e. The molecule has 0 bridgehead atoms. The number of carbonyl (C=O) groups excluding carboxylic acids is 2. The van der Waals surface area contributed by atoms with Crippen molar-refractivity contribution in [1.29, 1.82) is 0 Å². The molecule has 30 heavy (non-hydrogen) atoms. The van der Waals surface area contributed by atoms with Gasteiger partial charge in [-0.2, -0.15) is 0 Å². The Morgan fingerprint density at radius 3 is 2.33 bits per heavy atom. The first-order valence-electron chi connectivity index (χ1n) is 10.5. The highest BCUT2D eigenvalue weighted by Gasteiger charge is 2.42. The number of nitrogens with one attached hydrogen (secondary N) is 3. The lowest BCUT2D eigenvalue weighted by atomic mass is 9.84. The SMILES string of the molecule is CCNC(=NCC(=O)NCc1ccc(OC)cc1)NCC1(C(=O)N(C)C)CCCC1. The minimum Gasteiger partial charge on any atom is -0.497 e. The minimum absolute atomic E-state index is 0.0140. The number of hydrogen-bond acceptors (Lipinski definition) is 4. The quantitative estimate of drug-likeness (QED) is 0.418. The van der Waals surface area contributed by atoms with Gasteiger partial charge in [0.2, 0.25) is 11.8 Å². The summed E-state index contributed by atoms with van der Waals surface area (Å²) in [6.45, 7) is 3.61. The van der Waals surface area contributed by atoms with Crippen molar-refractivity contribution in [3.05, 3.63) is 29.8 Å². The van der Waals surface area contributed by atoms with Crippen LogP contribution in [0.3, 0.4) is 0 Å². The highest BCUT2D eigenvalue weighted by Crippen LogP contribution is 2.38. The maximum absolute atomic E-state index is 12.7. The molecule has 1 aliphatic carbocycles. The molecule has 1 aromatic carbocycles. The Bertz CT molecular complexity index is 725. The maximum atomic E-state index is 12.7. The fraction of sp³-hybridized carbons (Fsp3) is 0.591. The number of hydrogen-bond donors (Lipinski definition) is 3. The molecule has 0 atom stereocenters. The monoisotopic (exact) mass is 417 g/mol. The molecule has 8 heteroatoms. The van der Waals surface area contributed by atoms with E-state index in [-0.39, 0.29) is 18.4 Å². The minimum atomic E-state index is -0.393. The summed E-state index contributed by atoms with van der Waals surface area (Å²) in [5.41, 5.74) is 0.597. The van der Waals surface area contributed by atoms with Gasteiger partial charge in [-0.3, -0.25) is 9.59 Å². The Kier molecular flexibility index (Phi) is 8.95. The summed E-state index contributed by atoms with van der Waals surface area (Å²) in [7, 11) is 5.22. The molecule has 1 aliphatic rings. The van der Waals surface area contributed by atoms with Crippen LogP contribution in [0.5, 0.6) is 5.75 Å². The summed E-state index contributed by atoms with van der Waals surface area (Å²) < 4.78 is 5.13. The van der Waals surface area contributed by atoms with Crippen molar-refractivity contribution in [2.24, 2.45) is 10.4 Å². The molecule has 1 fully saturated rings. The molecule has 0 heterocycles. The van der Waals surface area contributed by atoms with E-state index < -0.39 is 5.41 Å². The Hall–Kier alpha value is -2.77. The highest BCUT2D eigenvalue weighted by molar-refractivity contribution is 5.86. The number of nitrogens with zero attached hydrogens (tertiary/aromatic N) is 2. The Morgan fingerprint density at radius 1 is 1.10 bits per heavy atom. The van der Waals surface area contributed by atoms with Crippen LogP contribution < -0.4 is 20.7 Å². The third-order valence-corrected chi connectivity index (χ3v) is 5.39. The van der Waals surface area contributed by atoms with Gasteiger partial charge in [-0.25, -0.2) is 4.99 Å². The Morgan fingerprint density at radius 2 is 1.77 bits per heavy atom. The van der Waals surface area contributed by atoms with Gasteiger partial charge in [-0.05, 0) is 37.5 Å². The van der Waals surface area contributed by atoms with Gasteiger partial charge >= 0.3 is 0 Å². The summed E-state index contributed by atoms with van der Waals surface area (Å²) in [5, 5.41) is 9.30. The summed E-state index contributed by atoms with van der Waals surface area (Å²) in [6.07, 6.45) is 3.86. The van der Waals surface area contributed by atoms with Crippen LogP contribution in [0, 0.1) is 5.41 Å². The van der Waals surface area contributed by atoms with Crippen molar-refractivity contribution in [2.75, 3.05) is 40.8 Å². The lowest BCUT2D eigenvalue weighted by Gasteiger charge is -2.31. The van der Waals surface area contributed by atoms with Crippen LogP contribution in [-0.2, 0) is 16.1 Å². The second-order valence-electron chi connectivity index (χ2n) is 7.86. The fourth-order valence-corrected chi connectivity index (χ4v) is 3.74. The summed E-state index contributed by atoms with van der Waals surface area (Å²) in [5.74, 6) is 1.32. The number of amides is 2. The standard InChI is InChI=1S/C22H35N5O3/c1-5-23-21(26-16-22(12-6-7-13-22)20(29)27(2)3)25-15-19(28)24-14-17-8-10-18(30-4)11-9-17/h8-11H,5-7,12-16H2,1-4H3,(H,24,28)(H2,23,25,26). The van der Waals surface area contributed by atoms with Crippen LogP contribution in [0.4, 0.5) is 0 Å². The van der Waals surface area contributed by atoms with Gasteiger partial charge in [-0.1, -0.05) is 25.0 Å². The molecule has 2 rings (SSSR count). The van der Waals surface area contributed by atoms with Crippen molar-refractivity contribution in [3.63, 3.8) is 0 Å². The first kappa shape index (κ1) is 23.5. The van der Waals surface area contributed by atoms with E-state index in [9.17, 15) is 9.59 Å². The second-order valence-corrected chi connectivity index (χ2v) is 7.86. The number of rotatable bonds is 9. The van der Waals surface area contributed by atoms with Crippen LogP contribution in [0.2, 0.25) is 0 Å². The third-order valence-electron chi connectivity index (χ3n) is 5.39. The fourth-order valence-electron chi connectivity index (χ4n) is 3.74. The maximum Gasteiger partial charge on any atom is 0.242 e. The molecule has 0 radical (unpaired) electrons. The number of carbonyl (C=O) groups is 2. The van der Waals surface area contributed by atoms with Gasteiger partial charge in [0, 0.05) is 33.7 Å². The topological polar surface area (TPSA) is 95.1 Å². The number of guanidine groups is 1. The first-order valence-corrected chi connectivity index (χ1v) is 10.5. The molecule has 0 saturated heterocycles. The van der Waals surface area contributed by atoms with Crippen molar-refractivity contribution in [1.82, 2.24) is 20.9 Å². The van der Waals surface area contributed by atoms with Crippen molar-refractivity contribution in [3.8, 4) is 5.75 Å². The van der Waals surface area contributed by atoms with E-state index >= 15 is 0 Å². The predicted octanol–water partition coefficient (Wildman–Crippen LogP) is 1.52. The second kappa shape index (κ2) is 11.4. The van der Waals surface area contributed by atoms with Crippen LogP contribution in [0.15, 0.2) is 29.3 Å². The van der Waals surface area contributed by atoms with Gasteiger partial charge in [0.1, 0.15) is 12.3 Å². The molecular formula is C22H35N5O3. The van der Waals surface area contributed by atoms with Gasteiger partial charge in [0.25, 0.3) is 0 Å². The number of ether oxygens (including phenoxy) is 1. The number of aliphatic imine (C=N–C) groups is 1. The lowest BCUT2D eigenvalue weighted by Crippen LogP contribution is -2.49. The molecule has 8 nitrogen and oxygen atoms in total. The van der Waals surface area contributed by atoms with Gasteiger partial charge in [0.05, 0.1) is 12.5 Å². The van der Waals surface area contributed by atoms with Gasteiger partial charge in [-0.15, -0.1) is 0 Å². The highest BCUT2D eigenvalue weighted by atomic mass is 16.5. The van der Waals surface area contributed by atoms with E-state index in [2.05, 4.69) is 20.9 Å². The molecule has 2 amide bonds. The zero-order valence-electron chi connectivity index (χ0n) is 18.6. The third kappa shape index (κ3) is 6.64. The first-order chi connectivity index (χ1) is 14.4. The van der Waals surface area contributed by atoms with Gasteiger partial charge < -0.3 is 25.6 Å². The largest absolute Gasteiger partial charge is 0.497 e. The molecule has 0 spiro atoms. The Balaban J connectivity index is 1.89. The molecule has 0 aliphatic heterocycles. The summed E-state index contributed by atoms with van der Waals surface area (Å²) >= 11 is 0. The van der Waals surface area contributed by atoms with E-state index in [0.29, 0.717) is 25.6 Å². The molecular weight excluding hydrogens is 382 g/mol. The predicted molar refractivity (Wildman–Crippen MR) is 118 cm³/mol. The summed E-state index contributed by atoms with van der Waals surface area (Å²) in [4.78, 5) is 31.0. The molecule has 0 aromatic heterocycles. The van der Waals surface area contributed by atoms with Crippen molar-refractivity contribution in [2.45, 2.75) is 39.2 Å². The average molecular weight is 418 g/mol. The zero-order chi connectivity index (χ0) is 22.0. The average Bonchev–Trinajstić information content (AvgIpc) is 3.24. The molecule has 1 aromatic rings. The summed E-state index contributed by atoms with van der Waals surface area (Å²) in [6, 6.07) is 7.55. The van der Waals surface area contributed by atoms with E-state index in [1.807, 2.05) is 31.2 Å². The normalized spacial score (nSPS) is 15.4. The van der Waals surface area contributed by atoms with Gasteiger partial charge in [0.15, 0.2) is 5.96 Å². The van der Waals surface area contributed by atoms with E-state index in [4.69, 9.17) is 4.74 Å². The number of methoxy groups -OCH3 is 1. The molecule has 3 N–H and O–H groups in total. The van der Waals surface area contributed by atoms with E-state index in [1.54, 1.807) is 26.1 Å². The van der Waals surface area contributed by atoms with Crippen LogP contribution in [0.25, 0.3) is 0 Å². The van der Waals surface area contributed by atoms with Crippen molar-refractivity contribution >= 4 is 17.8 Å². The van der Waals surface area contributed by atoms with Crippen LogP contribution >= 0.6 is 0 Å². The Labute approximate surface area is 179 Å². The van der Waals surface area contributed by atoms with Crippen LogP contribution in [-0.4, -0.2) is 63.5 Å². The lowest BCUT2D eigenvalue weighted by molar-refractivity contribution is -0.138. The molecule has 166 valence electrons. The molecule has 0 unspecified atom stereocenters. The zero-order valence-corrected chi connectivity index (χ0v) is 18.6. The van der Waals surface area contributed by atoms with Crippen LogP contribution in [0.1, 0.15) is 38.2 Å². The van der Waals surface area contributed by atoms with Crippen molar-refractivity contribution < 1.29 is 14.3 Å².